The molecule has 0 heterocycles. The summed E-state index contributed by atoms with van der Waals surface area (Å²) in [6.07, 6.45) is 2.70. The van der Waals surface area contributed by atoms with Gasteiger partial charge in [-0.2, -0.15) is 0 Å². The van der Waals surface area contributed by atoms with Crippen LogP contribution in [-0.4, -0.2) is 21.2 Å². The zero-order valence-electron chi connectivity index (χ0n) is 10.2. The summed E-state index contributed by atoms with van der Waals surface area (Å²) in [5, 5.41) is 0.232. The lowest BCUT2D eigenvalue weighted by atomic mass is 10.2. The average Bonchev–Trinajstić information content (AvgIpc) is 2.01. The summed E-state index contributed by atoms with van der Waals surface area (Å²) in [5.41, 5.74) is 0.740. The Labute approximate surface area is 88.5 Å². The van der Waals surface area contributed by atoms with Gasteiger partial charge in [-0.25, -0.2) is 0 Å². The third-order valence-corrected chi connectivity index (χ3v) is 7.34. The second kappa shape index (κ2) is 4.89. The van der Waals surface area contributed by atoms with E-state index in [1.807, 2.05) is 6.08 Å². The van der Waals surface area contributed by atoms with Crippen molar-refractivity contribution in [1.82, 2.24) is 0 Å². The van der Waals surface area contributed by atoms with Gasteiger partial charge in [0.25, 0.3) is 0 Å². The highest BCUT2D eigenvalue weighted by atomic mass is 28.4. The van der Waals surface area contributed by atoms with Crippen LogP contribution in [0, 0.1) is 0 Å². The van der Waals surface area contributed by atoms with Gasteiger partial charge in [-0.1, -0.05) is 26.8 Å². The molecule has 0 amide bonds. The number of aldehydes is 1. The number of carbonyl (C=O) groups is 1. The molecular formula is C11H22O2Si. The Morgan fingerprint density at radius 3 is 2.21 bits per heavy atom. The van der Waals surface area contributed by atoms with E-state index in [1.165, 1.54) is 0 Å². The highest BCUT2D eigenvalue weighted by molar-refractivity contribution is 6.74. The lowest BCUT2D eigenvalue weighted by molar-refractivity contribution is -0.104. The molecule has 0 aliphatic heterocycles. The van der Waals surface area contributed by atoms with E-state index >= 15 is 0 Å². The molecular weight excluding hydrogens is 192 g/mol. The monoisotopic (exact) mass is 214 g/mol. The van der Waals surface area contributed by atoms with Crippen molar-refractivity contribution in [2.75, 3.05) is 6.61 Å². The topological polar surface area (TPSA) is 26.3 Å². The predicted octanol–water partition coefficient (Wildman–Crippen LogP) is 3.15. The van der Waals surface area contributed by atoms with E-state index in [1.54, 1.807) is 6.92 Å². The van der Waals surface area contributed by atoms with E-state index in [2.05, 4.69) is 33.9 Å². The highest BCUT2D eigenvalue weighted by Crippen LogP contribution is 2.36. The van der Waals surface area contributed by atoms with Crippen LogP contribution < -0.4 is 0 Å². The zero-order chi connectivity index (χ0) is 11.4. The maximum absolute atomic E-state index is 10.3. The van der Waals surface area contributed by atoms with Crippen LogP contribution in [0.25, 0.3) is 0 Å². The molecule has 0 aromatic carbocycles. The van der Waals surface area contributed by atoms with Gasteiger partial charge in [-0.3, -0.25) is 4.79 Å². The number of hydrogen-bond acceptors (Lipinski definition) is 2. The Morgan fingerprint density at radius 2 is 1.86 bits per heavy atom. The standard InChI is InChI=1S/C11H22O2Si/c1-10(9-12)7-8-13-14(5,6)11(2,3)4/h7,9H,8H2,1-6H3/b10-7+. The second-order valence-electron chi connectivity index (χ2n) is 5.14. The van der Waals surface area contributed by atoms with Crippen molar-refractivity contribution in [2.24, 2.45) is 0 Å². The van der Waals surface area contributed by atoms with E-state index in [9.17, 15) is 4.79 Å². The molecule has 0 aromatic rings. The Kier molecular flexibility index (Phi) is 4.75. The molecule has 0 saturated heterocycles. The molecule has 0 aliphatic carbocycles. The van der Waals surface area contributed by atoms with Crippen LogP contribution >= 0.6 is 0 Å². The minimum Gasteiger partial charge on any atom is -0.413 e. The molecule has 0 radical (unpaired) electrons. The Balaban J connectivity index is 4.20. The van der Waals surface area contributed by atoms with Gasteiger partial charge in [-0.15, -0.1) is 0 Å². The summed E-state index contributed by atoms with van der Waals surface area (Å²) in [6.45, 7) is 13.4. The minimum absolute atomic E-state index is 0.232. The molecule has 2 nitrogen and oxygen atoms in total. The van der Waals surface area contributed by atoms with Crippen molar-refractivity contribution in [1.29, 1.82) is 0 Å². The Morgan fingerprint density at radius 1 is 1.36 bits per heavy atom. The largest absolute Gasteiger partial charge is 0.413 e. The lowest BCUT2D eigenvalue weighted by Crippen LogP contribution is -2.40. The quantitative estimate of drug-likeness (QED) is 0.408. The van der Waals surface area contributed by atoms with Crippen molar-refractivity contribution < 1.29 is 9.22 Å². The summed E-state index contributed by atoms with van der Waals surface area (Å²) < 4.78 is 5.87. The molecule has 0 aliphatic rings. The Bertz CT molecular complexity index is 224. The van der Waals surface area contributed by atoms with E-state index in [-0.39, 0.29) is 5.04 Å². The van der Waals surface area contributed by atoms with Crippen molar-refractivity contribution in [3.8, 4) is 0 Å². The first-order valence-corrected chi connectivity index (χ1v) is 7.87. The molecule has 82 valence electrons. The van der Waals surface area contributed by atoms with Gasteiger partial charge < -0.3 is 4.43 Å². The molecule has 0 spiro atoms. The van der Waals surface area contributed by atoms with Gasteiger partial charge in [0, 0.05) is 0 Å². The normalized spacial score (nSPS) is 14.3. The highest BCUT2D eigenvalue weighted by Gasteiger charge is 2.36. The van der Waals surface area contributed by atoms with E-state index < -0.39 is 8.32 Å². The van der Waals surface area contributed by atoms with Crippen LogP contribution in [0.3, 0.4) is 0 Å². The van der Waals surface area contributed by atoms with Crippen LogP contribution in [0.15, 0.2) is 11.6 Å². The number of rotatable bonds is 4. The minimum atomic E-state index is -1.65. The molecule has 14 heavy (non-hydrogen) atoms. The van der Waals surface area contributed by atoms with E-state index in [4.69, 9.17) is 4.43 Å². The second-order valence-corrected chi connectivity index (χ2v) is 9.95. The van der Waals surface area contributed by atoms with Gasteiger partial charge in [0.2, 0.25) is 0 Å². The number of allylic oxidation sites excluding steroid dienone is 1. The van der Waals surface area contributed by atoms with Crippen molar-refractivity contribution in [3.63, 3.8) is 0 Å². The molecule has 0 unspecified atom stereocenters. The fourth-order valence-corrected chi connectivity index (χ4v) is 1.58. The summed E-state index contributed by atoms with van der Waals surface area (Å²) in [7, 11) is -1.65. The fourth-order valence-electron chi connectivity index (χ4n) is 0.646. The lowest BCUT2D eigenvalue weighted by Gasteiger charge is -2.35. The van der Waals surface area contributed by atoms with Gasteiger partial charge in [-0.05, 0) is 30.6 Å². The van der Waals surface area contributed by atoms with Gasteiger partial charge in [0.1, 0.15) is 6.29 Å². The van der Waals surface area contributed by atoms with Gasteiger partial charge in [0.15, 0.2) is 8.32 Å². The molecule has 0 N–H and O–H groups in total. The summed E-state index contributed by atoms with van der Waals surface area (Å²) in [4.78, 5) is 10.3. The third-order valence-electron chi connectivity index (χ3n) is 2.84. The van der Waals surface area contributed by atoms with Crippen molar-refractivity contribution >= 4 is 14.6 Å². The summed E-state index contributed by atoms with van der Waals surface area (Å²) in [6, 6.07) is 0. The molecule has 0 atom stereocenters. The summed E-state index contributed by atoms with van der Waals surface area (Å²) in [5.74, 6) is 0. The number of carbonyl (C=O) groups excluding carboxylic acids is 1. The first kappa shape index (κ1) is 13.6. The smallest absolute Gasteiger partial charge is 0.192 e. The van der Waals surface area contributed by atoms with Gasteiger partial charge in [0.05, 0.1) is 6.61 Å². The Hall–Kier alpha value is -0.413. The van der Waals surface area contributed by atoms with E-state index in [0.29, 0.717) is 6.61 Å². The molecule has 0 aromatic heterocycles. The van der Waals surface area contributed by atoms with Crippen molar-refractivity contribution in [2.45, 2.75) is 45.8 Å². The van der Waals surface area contributed by atoms with Crippen LogP contribution in [0.1, 0.15) is 27.7 Å². The maximum Gasteiger partial charge on any atom is 0.192 e. The van der Waals surface area contributed by atoms with Crippen LogP contribution in [0.5, 0.6) is 0 Å². The van der Waals surface area contributed by atoms with Crippen LogP contribution in [-0.2, 0) is 9.22 Å². The molecule has 0 saturated carbocycles. The van der Waals surface area contributed by atoms with Crippen LogP contribution in [0.4, 0.5) is 0 Å². The molecule has 0 rings (SSSR count). The maximum atomic E-state index is 10.3. The fraction of sp³-hybridized carbons (Fsp3) is 0.727. The molecule has 0 bridgehead atoms. The zero-order valence-corrected chi connectivity index (χ0v) is 11.2. The van der Waals surface area contributed by atoms with Gasteiger partial charge >= 0.3 is 0 Å². The number of hydrogen-bond donors (Lipinski definition) is 0. The molecule has 0 fully saturated rings. The van der Waals surface area contributed by atoms with Crippen LogP contribution in [0.2, 0.25) is 18.1 Å². The third kappa shape index (κ3) is 4.20. The SMILES string of the molecule is C/C(C=O)=C\CO[Si](C)(C)C(C)(C)C. The average molecular weight is 214 g/mol. The first-order valence-electron chi connectivity index (χ1n) is 4.96. The summed E-state index contributed by atoms with van der Waals surface area (Å²) >= 11 is 0. The van der Waals surface area contributed by atoms with Crippen molar-refractivity contribution in [3.05, 3.63) is 11.6 Å². The molecule has 3 heteroatoms. The predicted molar refractivity (Wildman–Crippen MR) is 63.0 cm³/mol. The first-order chi connectivity index (χ1) is 6.20. The van der Waals surface area contributed by atoms with E-state index in [0.717, 1.165) is 11.9 Å².